The van der Waals surface area contributed by atoms with Gasteiger partial charge in [-0.25, -0.2) is 5.43 Å². The first-order valence-electron chi connectivity index (χ1n) is 2.28. The van der Waals surface area contributed by atoms with Crippen LogP contribution in [0.5, 0.6) is 0 Å². The smallest absolute Gasteiger partial charge is 0.253 e. The molecule has 0 rings (SSSR count). The maximum atomic E-state index is 10.2. The predicted molar refractivity (Wildman–Crippen MR) is 31.4 cm³/mol. The van der Waals surface area contributed by atoms with Gasteiger partial charge in [0.15, 0.2) is 0 Å². The van der Waals surface area contributed by atoms with Gasteiger partial charge in [-0.15, -0.1) is 0 Å². The molecule has 8 heavy (non-hydrogen) atoms. The van der Waals surface area contributed by atoms with Gasteiger partial charge < -0.3 is 5.73 Å². The van der Waals surface area contributed by atoms with Gasteiger partial charge in [-0.05, 0) is 6.92 Å². The van der Waals surface area contributed by atoms with Crippen molar-refractivity contribution in [3.63, 3.8) is 0 Å². The van der Waals surface area contributed by atoms with Crippen LogP contribution >= 0.6 is 0 Å². The minimum Gasteiger partial charge on any atom is -0.322 e. The SMILES string of the molecule is C/C=N/NC(=O)CN. The van der Waals surface area contributed by atoms with Crippen LogP contribution in [-0.4, -0.2) is 18.7 Å². The number of nitrogens with two attached hydrogens (primary N) is 1. The largest absolute Gasteiger partial charge is 0.322 e. The van der Waals surface area contributed by atoms with Crippen molar-refractivity contribution in [3.8, 4) is 0 Å². The lowest BCUT2D eigenvalue weighted by Crippen LogP contribution is -2.25. The zero-order valence-corrected chi connectivity index (χ0v) is 4.72. The van der Waals surface area contributed by atoms with Crippen molar-refractivity contribution in [1.82, 2.24) is 5.43 Å². The summed E-state index contributed by atoms with van der Waals surface area (Å²) in [6.07, 6.45) is 1.48. The van der Waals surface area contributed by atoms with Crippen LogP contribution < -0.4 is 11.2 Å². The summed E-state index contributed by atoms with van der Waals surface area (Å²) in [5.74, 6) is -0.275. The van der Waals surface area contributed by atoms with Crippen molar-refractivity contribution in [3.05, 3.63) is 0 Å². The van der Waals surface area contributed by atoms with E-state index in [1.807, 2.05) is 0 Å². The highest BCUT2D eigenvalue weighted by Crippen LogP contribution is 1.57. The van der Waals surface area contributed by atoms with Crippen LogP contribution in [0.15, 0.2) is 5.10 Å². The van der Waals surface area contributed by atoms with Gasteiger partial charge in [-0.3, -0.25) is 4.79 Å². The fourth-order valence-corrected chi connectivity index (χ4v) is 0.182. The van der Waals surface area contributed by atoms with Crippen molar-refractivity contribution < 1.29 is 4.79 Å². The Morgan fingerprint density at radius 3 is 3.00 bits per heavy atom. The zero-order valence-electron chi connectivity index (χ0n) is 4.72. The molecule has 0 saturated heterocycles. The Balaban J connectivity index is 3.25. The van der Waals surface area contributed by atoms with Gasteiger partial charge in [-0.2, -0.15) is 5.10 Å². The highest BCUT2D eigenvalue weighted by molar-refractivity contribution is 5.78. The highest BCUT2D eigenvalue weighted by atomic mass is 16.2. The highest BCUT2D eigenvalue weighted by Gasteiger charge is 1.88. The van der Waals surface area contributed by atoms with Gasteiger partial charge >= 0.3 is 0 Å². The van der Waals surface area contributed by atoms with Crippen LogP contribution in [0.25, 0.3) is 0 Å². The molecule has 0 fully saturated rings. The van der Waals surface area contributed by atoms with Crippen LogP contribution in [-0.2, 0) is 4.79 Å². The molecule has 46 valence electrons. The molecule has 0 atom stereocenters. The molecule has 0 bridgehead atoms. The fourth-order valence-electron chi connectivity index (χ4n) is 0.182. The predicted octanol–water partition coefficient (Wildman–Crippen LogP) is -0.933. The van der Waals surface area contributed by atoms with E-state index in [1.165, 1.54) is 6.21 Å². The molecule has 1 amide bonds. The molecule has 0 unspecified atom stereocenters. The molecular formula is C4H9N3O. The van der Waals surface area contributed by atoms with Crippen LogP contribution in [0.2, 0.25) is 0 Å². The van der Waals surface area contributed by atoms with E-state index in [-0.39, 0.29) is 12.5 Å². The van der Waals surface area contributed by atoms with Crippen LogP contribution in [0, 0.1) is 0 Å². The number of nitrogens with one attached hydrogen (secondary N) is 1. The Morgan fingerprint density at radius 1 is 2.00 bits per heavy atom. The molecule has 3 N–H and O–H groups in total. The molecule has 4 heteroatoms. The number of carbonyl (C=O) groups excluding carboxylic acids is 1. The maximum Gasteiger partial charge on any atom is 0.253 e. The molecule has 0 radical (unpaired) electrons. The Hall–Kier alpha value is -0.900. The molecule has 4 nitrogen and oxygen atoms in total. The number of hydrogen-bond acceptors (Lipinski definition) is 3. The quantitative estimate of drug-likeness (QED) is 0.360. The van der Waals surface area contributed by atoms with E-state index in [0.29, 0.717) is 0 Å². The molecule has 0 saturated carbocycles. The fraction of sp³-hybridized carbons (Fsp3) is 0.500. The first-order chi connectivity index (χ1) is 3.81. The Bertz CT molecular complexity index is 99.5. The first-order valence-corrected chi connectivity index (χ1v) is 2.28. The molecule has 0 aliphatic carbocycles. The minimum absolute atomic E-state index is 0.0165. The number of amides is 1. The number of hydrogen-bond donors (Lipinski definition) is 2. The van der Waals surface area contributed by atoms with E-state index >= 15 is 0 Å². The molecule has 0 aliphatic heterocycles. The lowest BCUT2D eigenvalue weighted by atomic mass is 10.6. The summed E-state index contributed by atoms with van der Waals surface area (Å²) in [4.78, 5) is 10.2. The third-order valence-corrected chi connectivity index (χ3v) is 0.504. The molecule has 0 aromatic rings. The van der Waals surface area contributed by atoms with Gasteiger partial charge in [-0.1, -0.05) is 0 Å². The Kier molecular flexibility index (Phi) is 3.78. The van der Waals surface area contributed by atoms with E-state index in [1.54, 1.807) is 6.92 Å². The van der Waals surface area contributed by atoms with Crippen molar-refractivity contribution in [2.45, 2.75) is 6.92 Å². The average Bonchev–Trinajstić information content (AvgIpc) is 1.83. The lowest BCUT2D eigenvalue weighted by Gasteiger charge is -1.90. The van der Waals surface area contributed by atoms with Gasteiger partial charge in [0.1, 0.15) is 0 Å². The molecule has 0 aromatic carbocycles. The summed E-state index contributed by atoms with van der Waals surface area (Å²) in [5, 5.41) is 3.44. The van der Waals surface area contributed by atoms with Gasteiger partial charge in [0, 0.05) is 6.21 Å². The third kappa shape index (κ3) is 3.30. The topological polar surface area (TPSA) is 67.5 Å². The van der Waals surface area contributed by atoms with E-state index in [4.69, 9.17) is 5.73 Å². The molecule has 0 aromatic heterocycles. The summed E-state index contributed by atoms with van der Waals surface area (Å²) in [7, 11) is 0. The first kappa shape index (κ1) is 7.10. The van der Waals surface area contributed by atoms with Crippen LogP contribution in [0.4, 0.5) is 0 Å². The lowest BCUT2D eigenvalue weighted by molar-refractivity contribution is -0.119. The standard InChI is InChI=1S/C4H9N3O/c1-2-6-7-4(8)3-5/h2H,3,5H2,1H3,(H,7,8)/b6-2+. The number of nitrogens with zero attached hydrogens (tertiary/aromatic N) is 1. The van der Waals surface area contributed by atoms with E-state index in [9.17, 15) is 4.79 Å². The van der Waals surface area contributed by atoms with Crippen LogP contribution in [0.3, 0.4) is 0 Å². The number of carbonyl (C=O) groups is 1. The van der Waals surface area contributed by atoms with Gasteiger partial charge in [0.25, 0.3) is 5.91 Å². The van der Waals surface area contributed by atoms with Crippen LogP contribution in [0.1, 0.15) is 6.92 Å². The molecule has 0 spiro atoms. The minimum atomic E-state index is -0.275. The zero-order chi connectivity index (χ0) is 6.41. The molecular weight excluding hydrogens is 106 g/mol. The summed E-state index contributed by atoms with van der Waals surface area (Å²) in [5.41, 5.74) is 7.11. The monoisotopic (exact) mass is 115 g/mol. The Labute approximate surface area is 47.8 Å². The summed E-state index contributed by atoms with van der Waals surface area (Å²) >= 11 is 0. The van der Waals surface area contributed by atoms with Crippen molar-refractivity contribution in [2.75, 3.05) is 6.54 Å². The second-order valence-electron chi connectivity index (χ2n) is 1.13. The van der Waals surface area contributed by atoms with Gasteiger partial charge in [0.05, 0.1) is 6.54 Å². The van der Waals surface area contributed by atoms with Crippen molar-refractivity contribution in [1.29, 1.82) is 0 Å². The van der Waals surface area contributed by atoms with E-state index in [0.717, 1.165) is 0 Å². The van der Waals surface area contributed by atoms with E-state index < -0.39 is 0 Å². The summed E-state index contributed by atoms with van der Waals surface area (Å²) in [6, 6.07) is 0. The summed E-state index contributed by atoms with van der Waals surface area (Å²) < 4.78 is 0. The maximum absolute atomic E-state index is 10.2. The van der Waals surface area contributed by atoms with Crippen molar-refractivity contribution >= 4 is 12.1 Å². The third-order valence-electron chi connectivity index (χ3n) is 0.504. The van der Waals surface area contributed by atoms with E-state index in [2.05, 4.69) is 10.5 Å². The average molecular weight is 115 g/mol. The van der Waals surface area contributed by atoms with Crippen molar-refractivity contribution in [2.24, 2.45) is 10.8 Å². The van der Waals surface area contributed by atoms with Gasteiger partial charge in [0.2, 0.25) is 0 Å². The second-order valence-corrected chi connectivity index (χ2v) is 1.13. The molecule has 0 heterocycles. The summed E-state index contributed by atoms with van der Waals surface area (Å²) in [6.45, 7) is 1.69. The Morgan fingerprint density at radius 2 is 2.62 bits per heavy atom. The number of rotatable bonds is 2. The normalized spacial score (nSPS) is 9.75. The number of hydrazone groups is 1. The second kappa shape index (κ2) is 4.26. The molecule has 0 aliphatic rings.